The van der Waals surface area contributed by atoms with Crippen LogP contribution in [0.1, 0.15) is 47.2 Å². The minimum absolute atomic E-state index is 0.0744. The number of halogens is 2. The third kappa shape index (κ3) is 5.34. The number of para-hydroxylation sites is 1. The maximum atomic E-state index is 12.8. The van der Waals surface area contributed by atoms with Crippen molar-refractivity contribution in [3.05, 3.63) is 81.6 Å². The SMILES string of the molecule is CC(C)(C)c1ccnc(C(=O)Nc2cc(Cl)c(Cl)cc2NC(=O)c2ccccc2O)c1. The number of carbonyl (C=O) groups excluding carboxylic acids is 2. The van der Waals surface area contributed by atoms with E-state index in [1.54, 1.807) is 24.4 Å². The molecule has 1 aromatic heterocycles. The van der Waals surface area contributed by atoms with Crippen molar-refractivity contribution in [3.8, 4) is 5.75 Å². The van der Waals surface area contributed by atoms with Crippen LogP contribution in [0.25, 0.3) is 0 Å². The lowest BCUT2D eigenvalue weighted by molar-refractivity contribution is 0.101. The summed E-state index contributed by atoms with van der Waals surface area (Å²) in [5.41, 5.74) is 1.56. The van der Waals surface area contributed by atoms with E-state index in [2.05, 4.69) is 15.6 Å². The molecular formula is C23H21Cl2N3O3. The number of hydrogen-bond acceptors (Lipinski definition) is 4. The first-order valence-electron chi connectivity index (χ1n) is 9.42. The van der Waals surface area contributed by atoms with E-state index >= 15 is 0 Å². The molecule has 2 aromatic carbocycles. The summed E-state index contributed by atoms with van der Waals surface area (Å²) in [6.07, 6.45) is 1.57. The highest BCUT2D eigenvalue weighted by molar-refractivity contribution is 6.42. The molecule has 0 saturated carbocycles. The predicted octanol–water partition coefficient (Wildman–Crippen LogP) is 5.90. The van der Waals surface area contributed by atoms with E-state index in [0.717, 1.165) is 5.56 Å². The number of phenolic OH excluding ortho intramolecular Hbond substituents is 1. The first kappa shape index (κ1) is 22.6. The molecular weight excluding hydrogens is 437 g/mol. The summed E-state index contributed by atoms with van der Waals surface area (Å²) in [6, 6.07) is 12.5. The van der Waals surface area contributed by atoms with E-state index in [1.165, 1.54) is 24.3 Å². The summed E-state index contributed by atoms with van der Waals surface area (Å²) in [6.45, 7) is 6.11. The number of anilines is 2. The summed E-state index contributed by atoms with van der Waals surface area (Å²) in [5, 5.41) is 15.7. The smallest absolute Gasteiger partial charge is 0.274 e. The van der Waals surface area contributed by atoms with Crippen molar-refractivity contribution < 1.29 is 14.7 Å². The molecule has 0 aliphatic carbocycles. The van der Waals surface area contributed by atoms with Gasteiger partial charge in [0.2, 0.25) is 0 Å². The zero-order valence-corrected chi connectivity index (χ0v) is 18.7. The van der Waals surface area contributed by atoms with Crippen LogP contribution in [-0.2, 0) is 5.41 Å². The molecule has 0 bridgehead atoms. The highest BCUT2D eigenvalue weighted by Crippen LogP contribution is 2.34. The molecule has 3 N–H and O–H groups in total. The van der Waals surface area contributed by atoms with Crippen molar-refractivity contribution in [3.63, 3.8) is 0 Å². The molecule has 0 radical (unpaired) electrons. The molecule has 0 saturated heterocycles. The number of nitrogens with one attached hydrogen (secondary N) is 2. The van der Waals surface area contributed by atoms with Crippen LogP contribution in [0, 0.1) is 0 Å². The molecule has 2 amide bonds. The van der Waals surface area contributed by atoms with Crippen molar-refractivity contribution >= 4 is 46.4 Å². The van der Waals surface area contributed by atoms with Gasteiger partial charge in [0, 0.05) is 6.20 Å². The monoisotopic (exact) mass is 457 g/mol. The Kier molecular flexibility index (Phi) is 6.53. The first-order chi connectivity index (χ1) is 14.6. The van der Waals surface area contributed by atoms with E-state index in [1.807, 2.05) is 26.8 Å². The number of hydrogen-bond donors (Lipinski definition) is 3. The van der Waals surface area contributed by atoms with Crippen LogP contribution in [0.5, 0.6) is 5.75 Å². The van der Waals surface area contributed by atoms with Crippen LogP contribution >= 0.6 is 23.2 Å². The standard InChI is InChI=1S/C23H21Cl2N3O3/c1-23(2,3)13-8-9-26-19(10-13)22(31)28-18-12-16(25)15(24)11-17(18)27-21(30)14-6-4-5-7-20(14)29/h4-12,29H,1-3H3,(H,27,30)(H,28,31). The number of aromatic hydroxyl groups is 1. The second-order valence-corrected chi connectivity index (χ2v) is 8.73. The lowest BCUT2D eigenvalue weighted by atomic mass is 9.87. The zero-order chi connectivity index (χ0) is 22.8. The van der Waals surface area contributed by atoms with E-state index in [-0.39, 0.29) is 43.8 Å². The maximum Gasteiger partial charge on any atom is 0.274 e. The van der Waals surface area contributed by atoms with Crippen LogP contribution in [0.15, 0.2) is 54.7 Å². The maximum absolute atomic E-state index is 12.8. The van der Waals surface area contributed by atoms with E-state index in [4.69, 9.17) is 23.2 Å². The Balaban J connectivity index is 1.91. The molecule has 160 valence electrons. The normalized spacial score (nSPS) is 11.1. The topological polar surface area (TPSA) is 91.3 Å². The van der Waals surface area contributed by atoms with Crippen molar-refractivity contribution in [1.82, 2.24) is 4.98 Å². The number of nitrogens with zero attached hydrogens (tertiary/aromatic N) is 1. The summed E-state index contributed by atoms with van der Waals surface area (Å²) in [4.78, 5) is 29.6. The average molecular weight is 458 g/mol. The summed E-state index contributed by atoms with van der Waals surface area (Å²) >= 11 is 12.2. The van der Waals surface area contributed by atoms with E-state index in [0.29, 0.717) is 0 Å². The Hall–Kier alpha value is -3.09. The fourth-order valence-electron chi connectivity index (χ4n) is 2.82. The van der Waals surface area contributed by atoms with Gasteiger partial charge in [-0.25, -0.2) is 0 Å². The van der Waals surface area contributed by atoms with Crippen molar-refractivity contribution in [2.45, 2.75) is 26.2 Å². The molecule has 0 aliphatic rings. The van der Waals surface area contributed by atoms with Crippen molar-refractivity contribution in [2.75, 3.05) is 10.6 Å². The van der Waals surface area contributed by atoms with Crippen LogP contribution in [0.3, 0.4) is 0 Å². The van der Waals surface area contributed by atoms with Gasteiger partial charge in [-0.15, -0.1) is 0 Å². The van der Waals surface area contributed by atoms with Gasteiger partial charge in [-0.3, -0.25) is 14.6 Å². The van der Waals surface area contributed by atoms with Gasteiger partial charge in [0.25, 0.3) is 11.8 Å². The number of pyridine rings is 1. The number of amides is 2. The fourth-order valence-corrected chi connectivity index (χ4v) is 3.14. The largest absolute Gasteiger partial charge is 0.507 e. The molecule has 3 aromatic rings. The van der Waals surface area contributed by atoms with E-state index < -0.39 is 11.8 Å². The molecule has 31 heavy (non-hydrogen) atoms. The second kappa shape index (κ2) is 8.96. The van der Waals surface area contributed by atoms with E-state index in [9.17, 15) is 14.7 Å². The molecule has 3 rings (SSSR count). The molecule has 0 unspecified atom stereocenters. The molecule has 8 heteroatoms. The third-order valence-electron chi connectivity index (χ3n) is 4.56. The highest BCUT2D eigenvalue weighted by atomic mass is 35.5. The Morgan fingerprint density at radius 3 is 2.06 bits per heavy atom. The van der Waals surface area contributed by atoms with Crippen molar-refractivity contribution in [1.29, 1.82) is 0 Å². The highest BCUT2D eigenvalue weighted by Gasteiger charge is 2.19. The Morgan fingerprint density at radius 2 is 1.48 bits per heavy atom. The average Bonchev–Trinajstić information content (AvgIpc) is 2.71. The minimum Gasteiger partial charge on any atom is -0.507 e. The Labute approximate surface area is 190 Å². The Morgan fingerprint density at radius 1 is 0.903 bits per heavy atom. The lowest BCUT2D eigenvalue weighted by Crippen LogP contribution is -2.19. The molecule has 0 fully saturated rings. The summed E-state index contributed by atoms with van der Waals surface area (Å²) in [7, 11) is 0. The van der Waals surface area contributed by atoms with Crippen LogP contribution in [-0.4, -0.2) is 21.9 Å². The van der Waals surface area contributed by atoms with Gasteiger partial charge in [0.15, 0.2) is 0 Å². The minimum atomic E-state index is -0.570. The summed E-state index contributed by atoms with van der Waals surface area (Å²) < 4.78 is 0. The van der Waals surface area contributed by atoms with Crippen LogP contribution < -0.4 is 10.6 Å². The van der Waals surface area contributed by atoms with Crippen LogP contribution in [0.4, 0.5) is 11.4 Å². The second-order valence-electron chi connectivity index (χ2n) is 7.92. The van der Waals surface area contributed by atoms with Gasteiger partial charge in [0.1, 0.15) is 11.4 Å². The lowest BCUT2D eigenvalue weighted by Gasteiger charge is -2.19. The predicted molar refractivity (Wildman–Crippen MR) is 123 cm³/mol. The van der Waals surface area contributed by atoms with Gasteiger partial charge in [-0.05, 0) is 47.4 Å². The van der Waals surface area contributed by atoms with Gasteiger partial charge in [0.05, 0.1) is 27.0 Å². The number of rotatable bonds is 4. The van der Waals surface area contributed by atoms with Crippen molar-refractivity contribution in [2.24, 2.45) is 0 Å². The molecule has 0 aliphatic heterocycles. The first-order valence-corrected chi connectivity index (χ1v) is 10.2. The molecule has 0 atom stereocenters. The third-order valence-corrected chi connectivity index (χ3v) is 5.29. The molecule has 6 nitrogen and oxygen atoms in total. The van der Waals surface area contributed by atoms with Gasteiger partial charge < -0.3 is 15.7 Å². The van der Waals surface area contributed by atoms with Crippen LogP contribution in [0.2, 0.25) is 10.0 Å². The number of benzene rings is 2. The zero-order valence-electron chi connectivity index (χ0n) is 17.2. The fraction of sp³-hybridized carbons (Fsp3) is 0.174. The quantitative estimate of drug-likeness (QED) is 0.454. The number of aromatic nitrogens is 1. The number of phenols is 1. The van der Waals surface area contributed by atoms with Gasteiger partial charge in [-0.2, -0.15) is 0 Å². The number of carbonyl (C=O) groups is 2. The van der Waals surface area contributed by atoms with Gasteiger partial charge >= 0.3 is 0 Å². The van der Waals surface area contributed by atoms with Gasteiger partial charge in [-0.1, -0.05) is 56.1 Å². The Bertz CT molecular complexity index is 1160. The molecule has 0 spiro atoms. The molecule has 1 heterocycles. The summed E-state index contributed by atoms with van der Waals surface area (Å²) in [5.74, 6) is -1.21.